The number of thioether (sulfide) groups is 1. The lowest BCUT2D eigenvalue weighted by Crippen LogP contribution is -2.09. The molecule has 2 nitrogen and oxygen atoms in total. The van der Waals surface area contributed by atoms with Crippen molar-refractivity contribution in [2.75, 3.05) is 0 Å². The highest BCUT2D eigenvalue weighted by Crippen LogP contribution is 2.37. The molecule has 0 bridgehead atoms. The Morgan fingerprint density at radius 1 is 1.43 bits per heavy atom. The van der Waals surface area contributed by atoms with Crippen molar-refractivity contribution < 1.29 is 9.59 Å². The first-order chi connectivity index (χ1) is 6.72. The molecule has 0 atom stereocenters. The van der Waals surface area contributed by atoms with E-state index in [1.54, 1.807) is 5.94 Å². The third kappa shape index (κ3) is 1.41. The molecule has 1 aromatic carbocycles. The molecule has 2 rings (SSSR count). The standard InChI is InChI=1S/C11H8O2S/c1-7-3-2-4-10-11(7)9(13)5-8(6-12)14-10/h2-4H,5H2,1H3. The zero-order chi connectivity index (χ0) is 10.1. The zero-order valence-corrected chi connectivity index (χ0v) is 8.48. The Balaban J connectivity index is 2.61. The minimum absolute atomic E-state index is 0.0233. The molecule has 14 heavy (non-hydrogen) atoms. The van der Waals surface area contributed by atoms with E-state index in [1.807, 2.05) is 25.1 Å². The van der Waals surface area contributed by atoms with Crippen molar-refractivity contribution in [2.24, 2.45) is 0 Å². The predicted molar refractivity (Wildman–Crippen MR) is 55.2 cm³/mol. The first kappa shape index (κ1) is 9.25. The molecule has 1 aliphatic rings. The average Bonchev–Trinajstić information content (AvgIpc) is 2.17. The van der Waals surface area contributed by atoms with Crippen molar-refractivity contribution in [1.29, 1.82) is 0 Å². The summed E-state index contributed by atoms with van der Waals surface area (Å²) >= 11 is 1.35. The summed E-state index contributed by atoms with van der Waals surface area (Å²) in [5.41, 5.74) is 1.74. The minimum Gasteiger partial charge on any atom is -0.294 e. The molecular formula is C11H8O2S. The summed E-state index contributed by atoms with van der Waals surface area (Å²) in [5, 5.41) is 0. The van der Waals surface area contributed by atoms with Crippen molar-refractivity contribution in [3.05, 3.63) is 34.2 Å². The molecule has 0 aliphatic carbocycles. The Morgan fingerprint density at radius 2 is 2.21 bits per heavy atom. The van der Waals surface area contributed by atoms with Gasteiger partial charge in [-0.1, -0.05) is 23.9 Å². The van der Waals surface area contributed by atoms with E-state index in [4.69, 9.17) is 0 Å². The number of hydrogen-bond acceptors (Lipinski definition) is 3. The lowest BCUT2D eigenvalue weighted by molar-refractivity contribution is 0.0990. The summed E-state index contributed by atoms with van der Waals surface area (Å²) in [4.78, 5) is 23.5. The number of carbonyl (C=O) groups is 1. The normalized spacial score (nSPS) is 14.9. The van der Waals surface area contributed by atoms with Crippen LogP contribution in [0, 0.1) is 6.92 Å². The molecule has 0 amide bonds. The maximum absolute atomic E-state index is 11.7. The molecule has 70 valence electrons. The Morgan fingerprint density at radius 3 is 2.93 bits per heavy atom. The molecule has 1 heterocycles. The van der Waals surface area contributed by atoms with E-state index in [1.165, 1.54) is 11.8 Å². The smallest absolute Gasteiger partial charge is 0.169 e. The van der Waals surface area contributed by atoms with Crippen molar-refractivity contribution >= 4 is 23.5 Å². The molecule has 0 radical (unpaired) electrons. The third-order valence-electron chi connectivity index (χ3n) is 2.18. The van der Waals surface area contributed by atoms with Gasteiger partial charge >= 0.3 is 0 Å². The van der Waals surface area contributed by atoms with Crippen LogP contribution in [0.25, 0.3) is 0 Å². The number of carbonyl (C=O) groups excluding carboxylic acids is 2. The number of aryl methyl sites for hydroxylation is 1. The number of Topliss-reactive ketones (excluding diaryl/α,β-unsaturated/α-hetero) is 1. The zero-order valence-electron chi connectivity index (χ0n) is 7.66. The summed E-state index contributed by atoms with van der Waals surface area (Å²) in [6, 6.07) is 5.66. The predicted octanol–water partition coefficient (Wildman–Crippen LogP) is 2.39. The molecule has 0 saturated heterocycles. The fourth-order valence-corrected chi connectivity index (χ4v) is 2.58. The summed E-state index contributed by atoms with van der Waals surface area (Å²) in [6.45, 7) is 1.91. The number of fused-ring (bicyclic) bond motifs is 1. The third-order valence-corrected chi connectivity index (χ3v) is 3.22. The number of rotatable bonds is 0. The Labute approximate surface area is 86.0 Å². The van der Waals surface area contributed by atoms with Crippen LogP contribution in [0.15, 0.2) is 28.0 Å². The first-order valence-electron chi connectivity index (χ1n) is 4.27. The van der Waals surface area contributed by atoms with E-state index in [2.05, 4.69) is 0 Å². The number of hydrogen-bond donors (Lipinski definition) is 0. The van der Waals surface area contributed by atoms with Crippen LogP contribution >= 0.6 is 11.8 Å². The van der Waals surface area contributed by atoms with Gasteiger partial charge in [0.2, 0.25) is 0 Å². The van der Waals surface area contributed by atoms with Gasteiger partial charge in [0.1, 0.15) is 5.94 Å². The molecule has 3 heteroatoms. The number of ketones is 1. The minimum atomic E-state index is 0.0233. The molecule has 0 fully saturated rings. The van der Waals surface area contributed by atoms with Gasteiger partial charge in [0.25, 0.3) is 0 Å². The highest BCUT2D eigenvalue weighted by atomic mass is 32.2. The van der Waals surface area contributed by atoms with Crippen molar-refractivity contribution in [1.82, 2.24) is 0 Å². The van der Waals surface area contributed by atoms with Gasteiger partial charge in [0.15, 0.2) is 5.78 Å². The van der Waals surface area contributed by atoms with E-state index in [-0.39, 0.29) is 12.2 Å². The van der Waals surface area contributed by atoms with Crippen molar-refractivity contribution in [3.8, 4) is 0 Å². The molecular weight excluding hydrogens is 196 g/mol. The van der Waals surface area contributed by atoms with Gasteiger partial charge in [-0.15, -0.1) is 0 Å². The van der Waals surface area contributed by atoms with Gasteiger partial charge in [-0.2, -0.15) is 0 Å². The van der Waals surface area contributed by atoms with Crippen LogP contribution in [0.4, 0.5) is 0 Å². The second kappa shape index (κ2) is 3.45. The monoisotopic (exact) mass is 204 g/mol. The lowest BCUT2D eigenvalue weighted by atomic mass is 10.0. The summed E-state index contributed by atoms with van der Waals surface area (Å²) in [6.07, 6.45) is 0.200. The lowest BCUT2D eigenvalue weighted by Gasteiger charge is -2.16. The maximum atomic E-state index is 11.7. The SMILES string of the molecule is Cc1cccc2c1C(=O)CC(=C=O)S2. The summed E-state index contributed by atoms with van der Waals surface area (Å²) in [7, 11) is 0. The largest absolute Gasteiger partial charge is 0.294 e. The van der Waals surface area contributed by atoms with E-state index < -0.39 is 0 Å². The Bertz CT molecular complexity index is 456. The molecule has 0 aromatic heterocycles. The highest BCUT2D eigenvalue weighted by molar-refractivity contribution is 8.03. The van der Waals surface area contributed by atoms with Gasteiger partial charge in [0, 0.05) is 10.5 Å². The van der Waals surface area contributed by atoms with Crippen LogP contribution in [0.5, 0.6) is 0 Å². The number of benzene rings is 1. The van der Waals surface area contributed by atoms with Crippen LogP contribution in [0.2, 0.25) is 0 Å². The molecule has 0 N–H and O–H groups in total. The molecule has 1 aromatic rings. The Hall–Kier alpha value is -1.31. The van der Waals surface area contributed by atoms with Gasteiger partial charge in [-0.05, 0) is 18.6 Å². The first-order valence-corrected chi connectivity index (χ1v) is 5.08. The van der Waals surface area contributed by atoms with Gasteiger partial charge < -0.3 is 0 Å². The second-order valence-corrected chi connectivity index (χ2v) is 4.31. The number of allylic oxidation sites excluding steroid dienone is 1. The van der Waals surface area contributed by atoms with Crippen LogP contribution in [-0.4, -0.2) is 11.7 Å². The van der Waals surface area contributed by atoms with Crippen LogP contribution < -0.4 is 0 Å². The molecule has 0 unspecified atom stereocenters. The quantitative estimate of drug-likeness (QED) is 0.608. The summed E-state index contributed by atoms with van der Waals surface area (Å²) in [5.74, 6) is 1.83. The van der Waals surface area contributed by atoms with Crippen LogP contribution in [-0.2, 0) is 4.79 Å². The molecule has 1 aliphatic heterocycles. The van der Waals surface area contributed by atoms with E-state index in [0.29, 0.717) is 4.91 Å². The second-order valence-electron chi connectivity index (χ2n) is 3.18. The van der Waals surface area contributed by atoms with Crippen molar-refractivity contribution in [3.63, 3.8) is 0 Å². The van der Waals surface area contributed by atoms with Gasteiger partial charge in [-0.25, -0.2) is 4.79 Å². The molecule has 0 saturated carbocycles. The average molecular weight is 204 g/mol. The fourth-order valence-electron chi connectivity index (χ4n) is 1.54. The van der Waals surface area contributed by atoms with Gasteiger partial charge in [-0.3, -0.25) is 4.79 Å². The highest BCUT2D eigenvalue weighted by Gasteiger charge is 2.23. The van der Waals surface area contributed by atoms with Crippen LogP contribution in [0.1, 0.15) is 22.3 Å². The van der Waals surface area contributed by atoms with Crippen LogP contribution in [0.3, 0.4) is 0 Å². The van der Waals surface area contributed by atoms with Crippen molar-refractivity contribution in [2.45, 2.75) is 18.2 Å². The van der Waals surface area contributed by atoms with E-state index in [0.717, 1.165) is 16.0 Å². The van der Waals surface area contributed by atoms with Gasteiger partial charge in [0.05, 0.1) is 11.3 Å². The summed E-state index contributed by atoms with van der Waals surface area (Å²) < 4.78 is 0. The Kier molecular flexibility index (Phi) is 2.28. The fraction of sp³-hybridized carbons (Fsp3) is 0.182. The van der Waals surface area contributed by atoms with E-state index in [9.17, 15) is 9.59 Å². The van der Waals surface area contributed by atoms with E-state index >= 15 is 0 Å². The maximum Gasteiger partial charge on any atom is 0.169 e. The topological polar surface area (TPSA) is 34.1 Å². The molecule has 0 spiro atoms.